The third-order valence-corrected chi connectivity index (χ3v) is 4.68. The Morgan fingerprint density at radius 1 is 1.43 bits per heavy atom. The molecule has 0 aliphatic carbocycles. The van der Waals surface area contributed by atoms with E-state index in [-0.39, 0.29) is 11.5 Å². The molecule has 1 saturated heterocycles. The summed E-state index contributed by atoms with van der Waals surface area (Å²) in [5.74, 6) is 0.839. The first kappa shape index (κ1) is 9.65. The number of benzene rings is 1. The summed E-state index contributed by atoms with van der Waals surface area (Å²) >= 11 is 0. The zero-order valence-corrected chi connectivity index (χ0v) is 8.81. The number of halogens is 1. The predicted octanol–water partition coefficient (Wildman–Crippen LogP) is 2.64. The SMILES string of the molecule is Cc1ccc(F)c(N=S2(=O)CCC2)c1. The van der Waals surface area contributed by atoms with Gasteiger partial charge in [0.2, 0.25) is 0 Å². The second kappa shape index (κ2) is 3.35. The van der Waals surface area contributed by atoms with Crippen molar-refractivity contribution in [2.24, 2.45) is 4.36 Å². The molecule has 0 unspecified atom stereocenters. The molecule has 0 bridgehead atoms. The molecule has 0 radical (unpaired) electrons. The highest BCUT2D eigenvalue weighted by molar-refractivity contribution is 7.95. The summed E-state index contributed by atoms with van der Waals surface area (Å²) in [7, 11) is -2.10. The molecule has 1 aliphatic rings. The highest BCUT2D eigenvalue weighted by Gasteiger charge is 2.19. The van der Waals surface area contributed by atoms with Crippen molar-refractivity contribution in [1.29, 1.82) is 0 Å². The molecule has 0 atom stereocenters. The summed E-state index contributed by atoms with van der Waals surface area (Å²) in [5.41, 5.74) is 1.18. The largest absolute Gasteiger partial charge is 0.249 e. The summed E-state index contributed by atoms with van der Waals surface area (Å²) in [4.78, 5) is 0. The lowest BCUT2D eigenvalue weighted by Crippen LogP contribution is -2.23. The Kier molecular flexibility index (Phi) is 2.31. The van der Waals surface area contributed by atoms with Crippen molar-refractivity contribution in [2.45, 2.75) is 13.3 Å². The average Bonchev–Trinajstić information content (AvgIpc) is 2.09. The van der Waals surface area contributed by atoms with Gasteiger partial charge in [0.05, 0.1) is 9.73 Å². The first-order valence-corrected chi connectivity index (χ1v) is 6.43. The molecule has 0 spiro atoms. The third-order valence-electron chi connectivity index (χ3n) is 2.29. The summed E-state index contributed by atoms with van der Waals surface area (Å²) in [6, 6.07) is 4.69. The van der Waals surface area contributed by atoms with E-state index in [4.69, 9.17) is 0 Å². The summed E-state index contributed by atoms with van der Waals surface area (Å²) in [6.07, 6.45) is 0.940. The van der Waals surface area contributed by atoms with Crippen LogP contribution in [0, 0.1) is 12.7 Å². The molecule has 76 valence electrons. The van der Waals surface area contributed by atoms with Crippen LogP contribution in [0.25, 0.3) is 0 Å². The van der Waals surface area contributed by atoms with Crippen molar-refractivity contribution < 1.29 is 8.60 Å². The topological polar surface area (TPSA) is 29.4 Å². The molecule has 1 heterocycles. The van der Waals surface area contributed by atoms with Gasteiger partial charge in [-0.15, -0.1) is 0 Å². The van der Waals surface area contributed by atoms with Gasteiger partial charge >= 0.3 is 0 Å². The third kappa shape index (κ3) is 1.80. The second-order valence-electron chi connectivity index (χ2n) is 3.58. The standard InChI is InChI=1S/C10H12FNOS/c1-8-3-4-9(11)10(7-8)12-14(13)5-2-6-14/h3-4,7H,2,5-6H2,1H3. The van der Waals surface area contributed by atoms with Gasteiger partial charge in [-0.2, -0.15) is 4.36 Å². The molecule has 2 rings (SSSR count). The van der Waals surface area contributed by atoms with E-state index >= 15 is 0 Å². The van der Waals surface area contributed by atoms with Crippen LogP contribution in [0.4, 0.5) is 10.1 Å². The van der Waals surface area contributed by atoms with Crippen LogP contribution in [0.5, 0.6) is 0 Å². The van der Waals surface area contributed by atoms with Gasteiger partial charge in [-0.3, -0.25) is 0 Å². The normalized spacial score (nSPS) is 18.7. The molecular formula is C10H12FNOS. The minimum Gasteiger partial charge on any atom is -0.249 e. The van der Waals surface area contributed by atoms with Crippen molar-refractivity contribution in [3.8, 4) is 0 Å². The molecule has 0 aromatic heterocycles. The first-order chi connectivity index (χ1) is 6.59. The Labute approximate surface area is 83.3 Å². The van der Waals surface area contributed by atoms with Crippen LogP contribution in [0.15, 0.2) is 22.6 Å². The minimum absolute atomic E-state index is 0.245. The molecule has 0 amide bonds. The number of hydrogen-bond acceptors (Lipinski definition) is 2. The summed E-state index contributed by atoms with van der Waals surface area (Å²) in [6.45, 7) is 1.87. The fourth-order valence-corrected chi connectivity index (χ4v) is 2.82. The van der Waals surface area contributed by atoms with Crippen LogP contribution in [-0.2, 0) is 9.73 Å². The van der Waals surface area contributed by atoms with E-state index in [1.54, 1.807) is 12.1 Å². The van der Waals surface area contributed by atoms with Crippen LogP contribution >= 0.6 is 0 Å². The number of rotatable bonds is 1. The average molecular weight is 213 g/mol. The fourth-order valence-electron chi connectivity index (χ4n) is 1.35. The lowest BCUT2D eigenvalue weighted by molar-refractivity contribution is 0.628. The van der Waals surface area contributed by atoms with Crippen LogP contribution in [0.1, 0.15) is 12.0 Å². The van der Waals surface area contributed by atoms with Gasteiger partial charge in [0.15, 0.2) is 0 Å². The van der Waals surface area contributed by atoms with Gasteiger partial charge in [0.1, 0.15) is 11.5 Å². The van der Waals surface area contributed by atoms with Crippen molar-refractivity contribution >= 4 is 15.4 Å². The number of aryl methyl sites for hydroxylation is 1. The molecule has 1 fully saturated rings. The van der Waals surface area contributed by atoms with E-state index in [1.807, 2.05) is 6.92 Å². The van der Waals surface area contributed by atoms with E-state index < -0.39 is 9.73 Å². The predicted molar refractivity (Wildman–Crippen MR) is 55.7 cm³/mol. The summed E-state index contributed by atoms with van der Waals surface area (Å²) in [5, 5.41) is 0. The maximum absolute atomic E-state index is 13.2. The minimum atomic E-state index is -2.10. The molecular weight excluding hydrogens is 201 g/mol. The molecule has 2 nitrogen and oxygen atoms in total. The quantitative estimate of drug-likeness (QED) is 0.705. The van der Waals surface area contributed by atoms with Crippen LogP contribution in [0.3, 0.4) is 0 Å². The van der Waals surface area contributed by atoms with E-state index in [2.05, 4.69) is 4.36 Å². The lowest BCUT2D eigenvalue weighted by Gasteiger charge is -2.17. The Morgan fingerprint density at radius 3 is 2.71 bits per heavy atom. The van der Waals surface area contributed by atoms with Gasteiger partial charge in [0.25, 0.3) is 0 Å². The molecule has 1 aromatic carbocycles. The van der Waals surface area contributed by atoms with Gasteiger partial charge in [-0.1, -0.05) is 6.07 Å². The van der Waals surface area contributed by atoms with E-state index in [9.17, 15) is 8.60 Å². The monoisotopic (exact) mass is 213 g/mol. The van der Waals surface area contributed by atoms with Crippen LogP contribution in [-0.4, -0.2) is 15.7 Å². The van der Waals surface area contributed by atoms with Crippen LogP contribution in [0.2, 0.25) is 0 Å². The zero-order valence-electron chi connectivity index (χ0n) is 8.00. The maximum atomic E-state index is 13.2. The smallest absolute Gasteiger partial charge is 0.149 e. The second-order valence-corrected chi connectivity index (χ2v) is 6.12. The van der Waals surface area contributed by atoms with Crippen LogP contribution < -0.4 is 0 Å². The van der Waals surface area contributed by atoms with E-state index in [0.717, 1.165) is 12.0 Å². The molecule has 1 aromatic rings. The zero-order chi connectivity index (χ0) is 10.2. The number of hydrogen-bond donors (Lipinski definition) is 0. The van der Waals surface area contributed by atoms with E-state index in [0.29, 0.717) is 11.5 Å². The molecule has 1 aliphatic heterocycles. The first-order valence-electron chi connectivity index (χ1n) is 4.58. The maximum Gasteiger partial charge on any atom is 0.149 e. The van der Waals surface area contributed by atoms with Gasteiger partial charge < -0.3 is 0 Å². The van der Waals surface area contributed by atoms with Gasteiger partial charge in [-0.05, 0) is 31.0 Å². The Bertz CT molecular complexity index is 465. The van der Waals surface area contributed by atoms with Crippen molar-refractivity contribution in [2.75, 3.05) is 11.5 Å². The highest BCUT2D eigenvalue weighted by Crippen LogP contribution is 2.24. The molecule has 0 saturated carbocycles. The molecule has 4 heteroatoms. The van der Waals surface area contributed by atoms with Crippen molar-refractivity contribution in [3.63, 3.8) is 0 Å². The fraction of sp³-hybridized carbons (Fsp3) is 0.400. The van der Waals surface area contributed by atoms with Crippen molar-refractivity contribution in [3.05, 3.63) is 29.6 Å². The Balaban J connectivity index is 2.47. The lowest BCUT2D eigenvalue weighted by atomic mass is 10.2. The van der Waals surface area contributed by atoms with Gasteiger partial charge in [0, 0.05) is 11.5 Å². The molecule has 14 heavy (non-hydrogen) atoms. The highest BCUT2D eigenvalue weighted by atomic mass is 32.2. The Hall–Kier alpha value is -0.900. The molecule has 0 N–H and O–H groups in total. The summed E-state index contributed by atoms with van der Waals surface area (Å²) < 4.78 is 29.0. The van der Waals surface area contributed by atoms with E-state index in [1.165, 1.54) is 6.07 Å². The van der Waals surface area contributed by atoms with Crippen molar-refractivity contribution in [1.82, 2.24) is 0 Å². The van der Waals surface area contributed by atoms with Gasteiger partial charge in [-0.25, -0.2) is 8.60 Å². The number of nitrogens with zero attached hydrogens (tertiary/aromatic N) is 1. The Morgan fingerprint density at radius 2 is 2.14 bits per heavy atom.